The van der Waals surface area contributed by atoms with Gasteiger partial charge in [-0.25, -0.2) is 19.3 Å². The molecule has 0 bridgehead atoms. The van der Waals surface area contributed by atoms with Gasteiger partial charge in [-0.3, -0.25) is 0 Å². The molecule has 0 spiro atoms. The summed E-state index contributed by atoms with van der Waals surface area (Å²) < 4.78 is 3.63. The molecule has 6 nitrogen and oxygen atoms in total. The zero-order chi connectivity index (χ0) is 10.9. The molecule has 0 radical (unpaired) electrons. The largest absolute Gasteiger partial charge is 0.245 e. The Morgan fingerprint density at radius 3 is 2.60 bits per heavy atom. The molecule has 0 amide bonds. The van der Waals surface area contributed by atoms with Crippen molar-refractivity contribution in [2.45, 2.75) is 32.9 Å². The molecule has 0 aliphatic carbocycles. The van der Waals surface area contributed by atoms with Crippen LogP contribution in [0, 0.1) is 0 Å². The fourth-order valence-corrected chi connectivity index (χ4v) is 1.39. The van der Waals surface area contributed by atoms with Crippen molar-refractivity contribution in [1.29, 1.82) is 0 Å². The van der Waals surface area contributed by atoms with Crippen LogP contribution in [-0.4, -0.2) is 29.5 Å². The Labute approximate surface area is 88.0 Å². The van der Waals surface area contributed by atoms with Crippen molar-refractivity contribution in [3.05, 3.63) is 24.8 Å². The molecule has 0 saturated carbocycles. The van der Waals surface area contributed by atoms with Crippen LogP contribution in [0.25, 0.3) is 0 Å². The molecule has 0 aromatic carbocycles. The third-order valence-corrected chi connectivity index (χ3v) is 2.02. The highest BCUT2D eigenvalue weighted by atomic mass is 15.4. The van der Waals surface area contributed by atoms with Crippen LogP contribution < -0.4 is 0 Å². The molecule has 15 heavy (non-hydrogen) atoms. The normalized spacial score (nSPS) is 11.9. The van der Waals surface area contributed by atoms with Gasteiger partial charge in [0, 0.05) is 0 Å². The smallest absolute Gasteiger partial charge is 0.149 e. The van der Waals surface area contributed by atoms with Crippen LogP contribution in [0.5, 0.6) is 0 Å². The lowest BCUT2D eigenvalue weighted by atomic mass is 10.1. The van der Waals surface area contributed by atoms with E-state index in [1.807, 2.05) is 4.68 Å². The van der Waals surface area contributed by atoms with Crippen molar-refractivity contribution in [1.82, 2.24) is 29.5 Å². The molecule has 0 saturated heterocycles. The predicted octanol–water partition coefficient (Wildman–Crippen LogP) is 0.673. The molecule has 80 valence electrons. The van der Waals surface area contributed by atoms with Gasteiger partial charge in [-0.1, -0.05) is 0 Å². The molecule has 0 fully saturated rings. The summed E-state index contributed by atoms with van der Waals surface area (Å²) in [6.45, 7) is 6.86. The van der Waals surface area contributed by atoms with Gasteiger partial charge in [-0.2, -0.15) is 10.2 Å². The van der Waals surface area contributed by atoms with E-state index >= 15 is 0 Å². The number of hydrogen-bond acceptors (Lipinski definition) is 4. The molecule has 2 aromatic rings. The molecule has 0 unspecified atom stereocenters. The Morgan fingerprint density at radius 1 is 1.20 bits per heavy atom. The second-order valence-electron chi connectivity index (χ2n) is 4.35. The van der Waals surface area contributed by atoms with E-state index in [9.17, 15) is 0 Å². The van der Waals surface area contributed by atoms with E-state index in [2.05, 4.69) is 40.9 Å². The van der Waals surface area contributed by atoms with Gasteiger partial charge >= 0.3 is 0 Å². The summed E-state index contributed by atoms with van der Waals surface area (Å²) in [6.07, 6.45) is 4.75. The van der Waals surface area contributed by atoms with Crippen molar-refractivity contribution in [2.24, 2.45) is 0 Å². The third-order valence-electron chi connectivity index (χ3n) is 2.02. The van der Waals surface area contributed by atoms with Gasteiger partial charge in [0.2, 0.25) is 0 Å². The number of aromatic nitrogens is 6. The molecule has 2 aromatic heterocycles. The quantitative estimate of drug-likeness (QED) is 0.724. The Kier molecular flexibility index (Phi) is 2.26. The lowest BCUT2D eigenvalue weighted by molar-refractivity contribution is 0.337. The standard InChI is InChI=1S/C9H14N6/c1-9(2,3)15-8(11-6-13-15)4-14-7-10-5-12-14/h5-7H,4H2,1-3H3. The van der Waals surface area contributed by atoms with Gasteiger partial charge in [-0.15, -0.1) is 0 Å². The van der Waals surface area contributed by atoms with Crippen LogP contribution in [0.2, 0.25) is 0 Å². The highest BCUT2D eigenvalue weighted by Gasteiger charge is 2.18. The van der Waals surface area contributed by atoms with Gasteiger partial charge in [0.15, 0.2) is 0 Å². The fourth-order valence-electron chi connectivity index (χ4n) is 1.39. The summed E-state index contributed by atoms with van der Waals surface area (Å²) in [6, 6.07) is 0. The van der Waals surface area contributed by atoms with Crippen molar-refractivity contribution < 1.29 is 0 Å². The van der Waals surface area contributed by atoms with E-state index in [0.29, 0.717) is 6.54 Å². The predicted molar refractivity (Wildman–Crippen MR) is 54.1 cm³/mol. The Balaban J connectivity index is 2.26. The first-order valence-corrected chi connectivity index (χ1v) is 4.79. The van der Waals surface area contributed by atoms with Crippen LogP contribution in [0.1, 0.15) is 26.6 Å². The van der Waals surface area contributed by atoms with Gasteiger partial charge in [0.05, 0.1) is 5.54 Å². The average Bonchev–Trinajstić information content (AvgIpc) is 2.73. The van der Waals surface area contributed by atoms with E-state index in [1.54, 1.807) is 17.3 Å². The Bertz CT molecular complexity index is 422. The number of nitrogens with zero attached hydrogens (tertiary/aromatic N) is 6. The summed E-state index contributed by atoms with van der Waals surface area (Å²) in [7, 11) is 0. The maximum Gasteiger partial charge on any atom is 0.149 e. The number of hydrogen-bond donors (Lipinski definition) is 0. The minimum atomic E-state index is -0.0631. The van der Waals surface area contributed by atoms with Crippen LogP contribution in [0.15, 0.2) is 19.0 Å². The zero-order valence-electron chi connectivity index (χ0n) is 9.12. The molecule has 2 rings (SSSR count). The van der Waals surface area contributed by atoms with Gasteiger partial charge < -0.3 is 0 Å². The van der Waals surface area contributed by atoms with Crippen LogP contribution in [0.4, 0.5) is 0 Å². The second-order valence-corrected chi connectivity index (χ2v) is 4.35. The van der Waals surface area contributed by atoms with Crippen LogP contribution in [-0.2, 0) is 12.1 Å². The van der Waals surface area contributed by atoms with E-state index in [4.69, 9.17) is 0 Å². The molecule has 0 aliphatic rings. The summed E-state index contributed by atoms with van der Waals surface area (Å²) in [5.74, 6) is 0.882. The Morgan fingerprint density at radius 2 is 2.00 bits per heavy atom. The van der Waals surface area contributed by atoms with E-state index in [1.165, 1.54) is 6.33 Å². The maximum atomic E-state index is 4.22. The van der Waals surface area contributed by atoms with Crippen molar-refractivity contribution >= 4 is 0 Å². The minimum Gasteiger partial charge on any atom is -0.245 e. The lowest BCUT2D eigenvalue weighted by Gasteiger charge is -2.20. The van der Waals surface area contributed by atoms with E-state index < -0.39 is 0 Å². The fraction of sp³-hybridized carbons (Fsp3) is 0.556. The molecular formula is C9H14N6. The first-order valence-electron chi connectivity index (χ1n) is 4.79. The molecule has 6 heteroatoms. The third kappa shape index (κ3) is 2.03. The summed E-state index contributed by atoms with van der Waals surface area (Å²) in [5, 5.41) is 8.25. The van der Waals surface area contributed by atoms with Crippen molar-refractivity contribution in [3.8, 4) is 0 Å². The highest BCUT2D eigenvalue weighted by Crippen LogP contribution is 2.14. The SMILES string of the molecule is CC(C)(C)n1ncnc1Cn1cncn1. The van der Waals surface area contributed by atoms with Crippen LogP contribution >= 0.6 is 0 Å². The van der Waals surface area contributed by atoms with Gasteiger partial charge in [0.25, 0.3) is 0 Å². The van der Waals surface area contributed by atoms with Gasteiger partial charge in [0.1, 0.15) is 31.4 Å². The highest BCUT2D eigenvalue weighted by molar-refractivity contribution is 4.90. The lowest BCUT2D eigenvalue weighted by Crippen LogP contribution is -2.26. The average molecular weight is 206 g/mol. The first kappa shape index (κ1) is 9.82. The number of rotatable bonds is 2. The van der Waals surface area contributed by atoms with Gasteiger partial charge in [-0.05, 0) is 20.8 Å². The molecule has 0 N–H and O–H groups in total. The molecule has 0 aliphatic heterocycles. The summed E-state index contributed by atoms with van der Waals surface area (Å²) in [4.78, 5) is 8.11. The monoisotopic (exact) mass is 206 g/mol. The molecular weight excluding hydrogens is 192 g/mol. The topological polar surface area (TPSA) is 61.4 Å². The van der Waals surface area contributed by atoms with Crippen molar-refractivity contribution in [2.75, 3.05) is 0 Å². The van der Waals surface area contributed by atoms with Crippen molar-refractivity contribution in [3.63, 3.8) is 0 Å². The maximum absolute atomic E-state index is 4.22. The summed E-state index contributed by atoms with van der Waals surface area (Å²) >= 11 is 0. The first-order chi connectivity index (χ1) is 7.07. The Hall–Kier alpha value is -1.72. The molecule has 2 heterocycles. The minimum absolute atomic E-state index is 0.0631. The van der Waals surface area contributed by atoms with E-state index in [-0.39, 0.29) is 5.54 Å². The summed E-state index contributed by atoms with van der Waals surface area (Å²) in [5.41, 5.74) is -0.0631. The second kappa shape index (κ2) is 3.45. The van der Waals surface area contributed by atoms with Crippen LogP contribution in [0.3, 0.4) is 0 Å². The van der Waals surface area contributed by atoms with E-state index in [0.717, 1.165) is 5.82 Å². The zero-order valence-corrected chi connectivity index (χ0v) is 9.12. The molecule has 0 atom stereocenters.